The van der Waals surface area contributed by atoms with Gasteiger partial charge in [0.15, 0.2) is 17.5 Å². The molecule has 2 aliphatic rings. The summed E-state index contributed by atoms with van der Waals surface area (Å²) >= 11 is 0. The van der Waals surface area contributed by atoms with Gasteiger partial charge in [-0.3, -0.25) is 0 Å². The number of fused-ring (bicyclic) bond motifs is 14. The molecule has 0 saturated carbocycles. The van der Waals surface area contributed by atoms with Gasteiger partial charge in [0.05, 0.1) is 22.1 Å². The first-order valence-electron chi connectivity index (χ1n) is 21.2. The van der Waals surface area contributed by atoms with Crippen LogP contribution in [0.5, 0.6) is 0 Å². The Hall–Kier alpha value is -8.21. The van der Waals surface area contributed by atoms with E-state index in [1.165, 1.54) is 66.4 Å². The second-order valence-electron chi connectivity index (χ2n) is 16.3. The summed E-state index contributed by atoms with van der Waals surface area (Å²) in [5.41, 5.74) is 18.3. The van der Waals surface area contributed by atoms with Gasteiger partial charge in [0.25, 0.3) is 0 Å². The molecule has 0 atom stereocenters. The second-order valence-corrected chi connectivity index (χ2v) is 16.3. The molecule has 9 aromatic carbocycles. The molecule has 2 aliphatic carbocycles. The second kappa shape index (κ2) is 13.4. The van der Waals surface area contributed by atoms with Crippen LogP contribution in [0.4, 0.5) is 0 Å². The van der Waals surface area contributed by atoms with Crippen molar-refractivity contribution in [1.29, 1.82) is 0 Å². The molecule has 4 heteroatoms. The molecule has 0 radical (unpaired) electrons. The van der Waals surface area contributed by atoms with Gasteiger partial charge in [-0.2, -0.15) is 0 Å². The van der Waals surface area contributed by atoms with Crippen LogP contribution in [0.15, 0.2) is 218 Å². The monoisotopic (exact) mass is 788 g/mol. The Bertz CT molecular complexity index is 3520. The van der Waals surface area contributed by atoms with E-state index in [0.717, 1.165) is 33.5 Å². The van der Waals surface area contributed by atoms with Gasteiger partial charge in [0.2, 0.25) is 0 Å². The topological polar surface area (TPSA) is 43.6 Å². The zero-order valence-electron chi connectivity index (χ0n) is 33.6. The fourth-order valence-electron chi connectivity index (χ4n) is 10.5. The Morgan fingerprint density at radius 1 is 0.306 bits per heavy atom. The van der Waals surface area contributed by atoms with Crippen LogP contribution in [0.25, 0.3) is 95.0 Å². The lowest BCUT2D eigenvalue weighted by molar-refractivity contribution is 0.794. The average Bonchev–Trinajstić information content (AvgIpc) is 3.96. The Morgan fingerprint density at radius 2 is 0.774 bits per heavy atom. The zero-order chi connectivity index (χ0) is 40.8. The Morgan fingerprint density at radius 3 is 1.45 bits per heavy atom. The standard InChI is InChI=1S/C58H36N4/c1-3-17-37(18-4-1)38-31-33-40(34-32-38)56-59-55(39-19-5-2-6-20-39)60-57(61-56)46-25-11-16-30-52(46)62-51-29-15-10-23-43(51)44-35-36-50-53(54(44)62)45-24-9-14-28-49(45)58(50)47-26-12-7-21-41(47)42-22-8-13-27-48(42)58/h1-36H. The highest BCUT2D eigenvalue weighted by atomic mass is 15.1. The largest absolute Gasteiger partial charge is 0.308 e. The van der Waals surface area contributed by atoms with E-state index in [9.17, 15) is 0 Å². The molecular weight excluding hydrogens is 753 g/mol. The molecule has 2 heterocycles. The normalized spacial score (nSPS) is 13.0. The first-order chi connectivity index (χ1) is 30.8. The van der Waals surface area contributed by atoms with Gasteiger partial charge in [-0.05, 0) is 68.3 Å². The number of nitrogens with zero attached hydrogens (tertiary/aromatic N) is 4. The van der Waals surface area contributed by atoms with Crippen molar-refractivity contribution in [2.75, 3.05) is 0 Å². The van der Waals surface area contributed by atoms with E-state index in [1.54, 1.807) is 0 Å². The van der Waals surface area contributed by atoms with Crippen molar-refractivity contribution in [1.82, 2.24) is 19.5 Å². The van der Waals surface area contributed by atoms with Gasteiger partial charge in [-0.15, -0.1) is 0 Å². The SMILES string of the molecule is c1ccc(-c2ccc(-c3nc(-c4ccccc4)nc(-c4ccccc4-n4c5ccccc5c5ccc6c(c54)-c4ccccc4C64c5ccccc5-c5ccccc54)n3)cc2)cc1. The van der Waals surface area contributed by atoms with Crippen LogP contribution < -0.4 is 0 Å². The smallest absolute Gasteiger partial charge is 0.166 e. The molecule has 288 valence electrons. The highest BCUT2D eigenvalue weighted by molar-refractivity contribution is 6.17. The van der Waals surface area contributed by atoms with Crippen molar-refractivity contribution in [3.63, 3.8) is 0 Å². The van der Waals surface area contributed by atoms with Gasteiger partial charge in [0.1, 0.15) is 0 Å². The van der Waals surface area contributed by atoms with Crippen LogP contribution in [0.3, 0.4) is 0 Å². The molecule has 0 N–H and O–H groups in total. The lowest BCUT2D eigenvalue weighted by Crippen LogP contribution is -2.25. The molecule has 0 saturated heterocycles. The average molecular weight is 789 g/mol. The maximum atomic E-state index is 5.31. The summed E-state index contributed by atoms with van der Waals surface area (Å²) in [6.07, 6.45) is 0. The predicted octanol–water partition coefficient (Wildman–Crippen LogP) is 14.0. The minimum atomic E-state index is -0.460. The van der Waals surface area contributed by atoms with E-state index in [1.807, 2.05) is 24.3 Å². The highest BCUT2D eigenvalue weighted by Gasteiger charge is 2.52. The summed E-state index contributed by atoms with van der Waals surface area (Å²) in [6.45, 7) is 0. The number of para-hydroxylation sites is 2. The van der Waals surface area contributed by atoms with Crippen molar-refractivity contribution in [3.8, 4) is 73.2 Å². The molecule has 4 nitrogen and oxygen atoms in total. The van der Waals surface area contributed by atoms with Gasteiger partial charge in [-0.25, -0.2) is 15.0 Å². The summed E-state index contributed by atoms with van der Waals surface area (Å²) in [4.78, 5) is 15.7. The van der Waals surface area contributed by atoms with E-state index >= 15 is 0 Å². The van der Waals surface area contributed by atoms with E-state index in [0.29, 0.717) is 17.5 Å². The third-order valence-electron chi connectivity index (χ3n) is 13.1. The maximum absolute atomic E-state index is 5.31. The Labute approximate surface area is 359 Å². The molecule has 11 aromatic rings. The number of aromatic nitrogens is 4. The summed E-state index contributed by atoms with van der Waals surface area (Å²) < 4.78 is 2.47. The minimum Gasteiger partial charge on any atom is -0.308 e. The maximum Gasteiger partial charge on any atom is 0.166 e. The van der Waals surface area contributed by atoms with Crippen molar-refractivity contribution < 1.29 is 0 Å². The molecule has 0 bridgehead atoms. The summed E-state index contributed by atoms with van der Waals surface area (Å²) in [5, 5.41) is 2.41. The van der Waals surface area contributed by atoms with E-state index in [2.05, 4.69) is 199 Å². The van der Waals surface area contributed by atoms with Crippen LogP contribution in [0.2, 0.25) is 0 Å². The quantitative estimate of drug-likeness (QED) is 0.174. The minimum absolute atomic E-state index is 0.460. The number of rotatable bonds is 5. The highest BCUT2D eigenvalue weighted by Crippen LogP contribution is 2.64. The first-order valence-corrected chi connectivity index (χ1v) is 21.2. The van der Waals surface area contributed by atoms with Crippen LogP contribution in [-0.2, 0) is 5.41 Å². The Balaban J connectivity index is 1.08. The third kappa shape index (κ3) is 4.86. The van der Waals surface area contributed by atoms with Gasteiger partial charge in [-0.1, -0.05) is 200 Å². The fraction of sp³-hybridized carbons (Fsp3) is 0.0172. The van der Waals surface area contributed by atoms with E-state index in [4.69, 9.17) is 15.0 Å². The van der Waals surface area contributed by atoms with Crippen molar-refractivity contribution in [2.45, 2.75) is 5.41 Å². The lowest BCUT2D eigenvalue weighted by Gasteiger charge is -2.30. The lowest BCUT2D eigenvalue weighted by atomic mass is 9.70. The van der Waals surface area contributed by atoms with E-state index in [-0.39, 0.29) is 0 Å². The molecule has 0 unspecified atom stereocenters. The summed E-state index contributed by atoms with van der Waals surface area (Å²) in [6, 6.07) is 78.4. The molecule has 1 spiro atoms. The zero-order valence-corrected chi connectivity index (χ0v) is 33.6. The van der Waals surface area contributed by atoms with Crippen molar-refractivity contribution >= 4 is 21.8 Å². The molecule has 13 rings (SSSR count). The van der Waals surface area contributed by atoms with Gasteiger partial charge in [0, 0.05) is 33.0 Å². The van der Waals surface area contributed by atoms with Crippen molar-refractivity contribution in [2.24, 2.45) is 0 Å². The predicted molar refractivity (Wildman–Crippen MR) is 252 cm³/mol. The Kier molecular flexibility index (Phi) is 7.49. The number of hydrogen-bond donors (Lipinski definition) is 0. The molecule has 0 amide bonds. The van der Waals surface area contributed by atoms with Crippen LogP contribution in [-0.4, -0.2) is 19.5 Å². The third-order valence-corrected chi connectivity index (χ3v) is 13.1. The van der Waals surface area contributed by atoms with Crippen molar-refractivity contribution in [3.05, 3.63) is 241 Å². The fourth-order valence-corrected chi connectivity index (χ4v) is 10.5. The molecule has 62 heavy (non-hydrogen) atoms. The summed E-state index contributed by atoms with van der Waals surface area (Å²) in [5.74, 6) is 1.87. The first kappa shape index (κ1) is 34.6. The summed E-state index contributed by atoms with van der Waals surface area (Å²) in [7, 11) is 0. The molecule has 2 aromatic heterocycles. The number of hydrogen-bond acceptors (Lipinski definition) is 3. The van der Waals surface area contributed by atoms with Crippen LogP contribution in [0.1, 0.15) is 22.3 Å². The van der Waals surface area contributed by atoms with Gasteiger partial charge < -0.3 is 4.57 Å². The van der Waals surface area contributed by atoms with Crippen LogP contribution >= 0.6 is 0 Å². The molecule has 0 aliphatic heterocycles. The molecule has 0 fully saturated rings. The molecular formula is C58H36N4. The van der Waals surface area contributed by atoms with Gasteiger partial charge >= 0.3 is 0 Å². The van der Waals surface area contributed by atoms with E-state index < -0.39 is 5.41 Å². The van der Waals surface area contributed by atoms with Crippen LogP contribution in [0, 0.1) is 0 Å². The number of benzene rings is 9.